The molecule has 0 rings (SSSR count). The van der Waals surface area contributed by atoms with Gasteiger partial charge in [0, 0.05) is 6.54 Å². The summed E-state index contributed by atoms with van der Waals surface area (Å²) < 4.78 is 0. The zero-order valence-electron chi connectivity index (χ0n) is 8.14. The molecule has 0 saturated heterocycles. The van der Waals surface area contributed by atoms with Crippen LogP contribution < -0.4 is 11.5 Å². The fourth-order valence-electron chi connectivity index (χ4n) is 0.915. The Labute approximate surface area is 98.4 Å². The lowest BCUT2D eigenvalue weighted by Crippen LogP contribution is -2.56. The molecule has 0 bridgehead atoms. The molecule has 0 heterocycles. The zero-order chi connectivity index (χ0) is 12.0. The minimum atomic E-state index is -0.556. The van der Waals surface area contributed by atoms with Crippen LogP contribution in [0.5, 0.6) is 0 Å². The van der Waals surface area contributed by atoms with Gasteiger partial charge in [-0.1, -0.05) is 0 Å². The average molecular weight is 245 g/mol. The summed E-state index contributed by atoms with van der Waals surface area (Å²) in [6, 6.07) is 1.70. The molecule has 0 aromatic carbocycles. The van der Waals surface area contributed by atoms with Crippen LogP contribution in [0.4, 0.5) is 0 Å². The molecule has 8 heteroatoms. The van der Waals surface area contributed by atoms with Gasteiger partial charge >= 0.3 is 0 Å². The highest BCUT2D eigenvalue weighted by atomic mass is 32.1. The predicted octanol–water partition coefficient (Wildman–Crippen LogP) is -0.547. The van der Waals surface area contributed by atoms with Crippen LogP contribution in [-0.2, 0) is 4.79 Å². The van der Waals surface area contributed by atoms with Crippen LogP contribution in [0.3, 0.4) is 0 Å². The standard InChI is InChI=1S/C7H11N5OS2/c1-2-11(6(9)14)12(7(10)15)5(13)3-4-8/h2-3H2,1H3,(H2,9,14)(H2,10,15). The number of rotatable bonds is 2. The van der Waals surface area contributed by atoms with Crippen molar-refractivity contribution < 1.29 is 4.79 Å². The summed E-state index contributed by atoms with van der Waals surface area (Å²) in [6.45, 7) is 2.06. The molecule has 0 saturated carbocycles. The minimum Gasteiger partial charge on any atom is -0.375 e. The van der Waals surface area contributed by atoms with Crippen LogP contribution in [0.15, 0.2) is 0 Å². The number of nitriles is 1. The molecule has 0 aromatic heterocycles. The van der Waals surface area contributed by atoms with Crippen molar-refractivity contribution in [3.63, 3.8) is 0 Å². The molecule has 82 valence electrons. The van der Waals surface area contributed by atoms with Gasteiger partial charge in [0.1, 0.15) is 6.42 Å². The molecule has 0 spiro atoms. The van der Waals surface area contributed by atoms with Crippen LogP contribution in [0.2, 0.25) is 0 Å². The van der Waals surface area contributed by atoms with Gasteiger partial charge < -0.3 is 11.5 Å². The van der Waals surface area contributed by atoms with E-state index in [4.69, 9.17) is 28.9 Å². The molecule has 0 aliphatic carbocycles. The van der Waals surface area contributed by atoms with Crippen molar-refractivity contribution >= 4 is 40.6 Å². The Morgan fingerprint density at radius 1 is 1.40 bits per heavy atom. The van der Waals surface area contributed by atoms with E-state index in [1.165, 1.54) is 5.01 Å². The van der Waals surface area contributed by atoms with Crippen LogP contribution >= 0.6 is 24.4 Å². The highest BCUT2D eigenvalue weighted by Gasteiger charge is 2.23. The van der Waals surface area contributed by atoms with Gasteiger partial charge in [0.05, 0.1) is 6.07 Å². The van der Waals surface area contributed by atoms with E-state index in [-0.39, 0.29) is 16.6 Å². The predicted molar refractivity (Wildman–Crippen MR) is 63.0 cm³/mol. The second-order valence-corrected chi connectivity index (χ2v) is 3.27. The first kappa shape index (κ1) is 13.5. The molecule has 6 nitrogen and oxygen atoms in total. The lowest BCUT2D eigenvalue weighted by Gasteiger charge is -2.32. The van der Waals surface area contributed by atoms with Gasteiger partial charge in [-0.25, -0.2) is 0 Å². The minimum absolute atomic E-state index is 0.0309. The maximum absolute atomic E-state index is 11.5. The van der Waals surface area contributed by atoms with Crippen LogP contribution in [-0.4, -0.2) is 32.7 Å². The number of hydrogen-bond acceptors (Lipinski definition) is 4. The molecule has 0 unspecified atom stereocenters. The van der Waals surface area contributed by atoms with Gasteiger partial charge in [-0.2, -0.15) is 10.3 Å². The monoisotopic (exact) mass is 245 g/mol. The van der Waals surface area contributed by atoms with Crippen molar-refractivity contribution in [2.45, 2.75) is 13.3 Å². The third-order valence-electron chi connectivity index (χ3n) is 1.47. The van der Waals surface area contributed by atoms with Gasteiger partial charge in [0.15, 0.2) is 10.2 Å². The average Bonchev–Trinajstić information content (AvgIpc) is 2.12. The molecule has 0 radical (unpaired) electrons. The Morgan fingerprint density at radius 2 is 1.93 bits per heavy atom. The largest absolute Gasteiger partial charge is 0.375 e. The zero-order valence-corrected chi connectivity index (χ0v) is 9.77. The maximum Gasteiger partial charge on any atom is 0.262 e. The Morgan fingerprint density at radius 3 is 2.20 bits per heavy atom. The van der Waals surface area contributed by atoms with E-state index in [0.29, 0.717) is 6.54 Å². The number of thiocarbonyl (C=S) groups is 2. The Bertz CT molecular complexity index is 324. The van der Waals surface area contributed by atoms with Crippen molar-refractivity contribution in [1.82, 2.24) is 10.0 Å². The van der Waals surface area contributed by atoms with E-state index in [9.17, 15) is 4.79 Å². The van der Waals surface area contributed by atoms with Crippen LogP contribution in [0.1, 0.15) is 13.3 Å². The van der Waals surface area contributed by atoms with Gasteiger partial charge in [-0.15, -0.1) is 0 Å². The van der Waals surface area contributed by atoms with Gasteiger partial charge in [-0.05, 0) is 31.4 Å². The van der Waals surface area contributed by atoms with Crippen LogP contribution in [0, 0.1) is 11.3 Å². The number of nitrogens with zero attached hydrogens (tertiary/aromatic N) is 3. The van der Waals surface area contributed by atoms with E-state index in [2.05, 4.69) is 12.2 Å². The second-order valence-electron chi connectivity index (χ2n) is 2.43. The van der Waals surface area contributed by atoms with E-state index < -0.39 is 5.91 Å². The van der Waals surface area contributed by atoms with Gasteiger partial charge in [-0.3, -0.25) is 9.80 Å². The highest BCUT2D eigenvalue weighted by molar-refractivity contribution is 7.80. The summed E-state index contributed by atoms with van der Waals surface area (Å²) in [5.74, 6) is -0.556. The fourth-order valence-corrected chi connectivity index (χ4v) is 1.33. The lowest BCUT2D eigenvalue weighted by molar-refractivity contribution is -0.133. The maximum atomic E-state index is 11.5. The van der Waals surface area contributed by atoms with Crippen molar-refractivity contribution in [2.75, 3.05) is 6.54 Å². The third-order valence-corrected chi connectivity index (χ3v) is 1.85. The Balaban J connectivity index is 4.95. The normalized spacial score (nSPS) is 8.80. The quantitative estimate of drug-likeness (QED) is 0.497. The summed E-state index contributed by atoms with van der Waals surface area (Å²) >= 11 is 9.41. The first-order valence-corrected chi connectivity index (χ1v) is 4.83. The molecular weight excluding hydrogens is 234 g/mol. The van der Waals surface area contributed by atoms with E-state index in [0.717, 1.165) is 5.01 Å². The molecule has 0 aliphatic heterocycles. The molecule has 0 aromatic rings. The number of carbonyl (C=O) groups excluding carboxylic acids is 1. The van der Waals surface area contributed by atoms with Gasteiger partial charge in [0.2, 0.25) is 0 Å². The summed E-state index contributed by atoms with van der Waals surface area (Å²) in [5, 5.41) is 10.3. The third kappa shape index (κ3) is 3.65. The fraction of sp³-hybridized carbons (Fsp3) is 0.429. The molecule has 0 aliphatic rings. The molecule has 1 amide bonds. The van der Waals surface area contributed by atoms with Crippen LogP contribution in [0.25, 0.3) is 0 Å². The SMILES string of the molecule is CCN(C(N)=S)N(C(=O)CC#N)C(N)=S. The highest BCUT2D eigenvalue weighted by Crippen LogP contribution is 2.01. The summed E-state index contributed by atoms with van der Waals surface area (Å²) in [4.78, 5) is 11.5. The number of hydrazine groups is 1. The van der Waals surface area contributed by atoms with E-state index in [1.807, 2.05) is 0 Å². The summed E-state index contributed by atoms with van der Waals surface area (Å²) in [7, 11) is 0. The lowest BCUT2D eigenvalue weighted by atomic mass is 10.4. The van der Waals surface area contributed by atoms with Gasteiger partial charge in [0.25, 0.3) is 5.91 Å². The first-order chi connectivity index (χ1) is 6.95. The molecule has 0 atom stereocenters. The molecule has 0 fully saturated rings. The first-order valence-electron chi connectivity index (χ1n) is 4.01. The Kier molecular flexibility index (Phi) is 5.51. The Hall–Kier alpha value is -1.46. The van der Waals surface area contributed by atoms with Crippen molar-refractivity contribution in [3.8, 4) is 6.07 Å². The van der Waals surface area contributed by atoms with Crippen molar-refractivity contribution in [3.05, 3.63) is 0 Å². The summed E-state index contributed by atoms with van der Waals surface area (Å²) in [6.07, 6.45) is -0.337. The van der Waals surface area contributed by atoms with E-state index in [1.54, 1.807) is 13.0 Å². The molecular formula is C7H11N5OS2. The number of carbonyl (C=O) groups is 1. The number of amides is 1. The van der Waals surface area contributed by atoms with Crippen molar-refractivity contribution in [1.29, 1.82) is 5.26 Å². The summed E-state index contributed by atoms with van der Waals surface area (Å²) in [5.41, 5.74) is 10.7. The molecule has 4 N–H and O–H groups in total. The van der Waals surface area contributed by atoms with E-state index >= 15 is 0 Å². The number of hydrogen-bond donors (Lipinski definition) is 2. The van der Waals surface area contributed by atoms with Crippen molar-refractivity contribution in [2.24, 2.45) is 11.5 Å². The topological polar surface area (TPSA) is 99.4 Å². The molecule has 15 heavy (non-hydrogen) atoms. The second kappa shape index (κ2) is 6.10. The smallest absolute Gasteiger partial charge is 0.262 e. The number of nitrogens with two attached hydrogens (primary N) is 2.